The number of hydrogen-bond donors (Lipinski definition) is 2. The minimum absolute atomic E-state index is 0.0486. The molecule has 4 rings (SSSR count). The molecule has 4 heteroatoms. The predicted molar refractivity (Wildman–Crippen MR) is 100 cm³/mol. The second-order valence-electron chi connectivity index (χ2n) is 6.64. The van der Waals surface area contributed by atoms with Gasteiger partial charge in [0.2, 0.25) is 5.91 Å². The molecule has 25 heavy (non-hydrogen) atoms. The molecule has 1 aromatic heterocycles. The molecule has 0 saturated heterocycles. The van der Waals surface area contributed by atoms with E-state index < -0.39 is 5.41 Å². The molecule has 3 aromatic rings. The largest absolute Gasteiger partial charge is 0.492 e. The monoisotopic (exact) mass is 334 g/mol. The van der Waals surface area contributed by atoms with Gasteiger partial charge >= 0.3 is 0 Å². The van der Waals surface area contributed by atoms with Gasteiger partial charge < -0.3 is 15.0 Å². The van der Waals surface area contributed by atoms with E-state index in [1.807, 2.05) is 43.3 Å². The van der Waals surface area contributed by atoms with Gasteiger partial charge in [-0.2, -0.15) is 0 Å². The Bertz CT molecular complexity index is 938. The van der Waals surface area contributed by atoms with Crippen molar-refractivity contribution in [2.45, 2.75) is 32.1 Å². The van der Waals surface area contributed by atoms with Crippen LogP contribution in [-0.4, -0.2) is 17.5 Å². The molecule has 1 saturated carbocycles. The van der Waals surface area contributed by atoms with Gasteiger partial charge in [0.1, 0.15) is 5.75 Å². The van der Waals surface area contributed by atoms with Crippen LogP contribution in [0.3, 0.4) is 0 Å². The van der Waals surface area contributed by atoms with Crippen LogP contribution in [0.2, 0.25) is 0 Å². The Kier molecular flexibility index (Phi) is 3.75. The quantitative estimate of drug-likeness (QED) is 0.719. The number of amides is 1. The van der Waals surface area contributed by atoms with Crippen molar-refractivity contribution in [2.75, 3.05) is 11.9 Å². The summed E-state index contributed by atoms with van der Waals surface area (Å²) < 4.78 is 5.63. The number of carbonyl (C=O) groups is 1. The molecular formula is C21H22N2O2. The highest BCUT2D eigenvalue weighted by Gasteiger charge is 2.53. The lowest BCUT2D eigenvalue weighted by Crippen LogP contribution is -2.28. The van der Waals surface area contributed by atoms with Crippen LogP contribution in [0.25, 0.3) is 10.9 Å². The van der Waals surface area contributed by atoms with Gasteiger partial charge in [-0.3, -0.25) is 4.79 Å². The standard InChI is InChI=1S/C21H22N2O2/c1-3-25-18-11-7-6-10-17(18)23-20(24)21(12-13-21)19-14(2)22-16-9-5-4-8-15(16)19/h4-11,22H,3,12-13H2,1-2H3,(H,23,24). The molecular weight excluding hydrogens is 312 g/mol. The first kappa shape index (κ1) is 15.8. The second-order valence-corrected chi connectivity index (χ2v) is 6.64. The summed E-state index contributed by atoms with van der Waals surface area (Å²) in [4.78, 5) is 16.6. The van der Waals surface area contributed by atoms with Crippen molar-refractivity contribution in [2.24, 2.45) is 0 Å². The summed E-state index contributed by atoms with van der Waals surface area (Å²) in [6.45, 7) is 4.56. The zero-order valence-electron chi connectivity index (χ0n) is 14.6. The third-order valence-corrected chi connectivity index (χ3v) is 4.99. The van der Waals surface area contributed by atoms with Gasteiger partial charge in [-0.15, -0.1) is 0 Å². The van der Waals surface area contributed by atoms with Crippen LogP contribution < -0.4 is 10.1 Å². The number of carbonyl (C=O) groups excluding carboxylic acids is 1. The number of para-hydroxylation sites is 3. The molecule has 0 radical (unpaired) electrons. The Labute approximate surface area is 147 Å². The highest BCUT2D eigenvalue weighted by atomic mass is 16.5. The van der Waals surface area contributed by atoms with Gasteiger partial charge in [0.15, 0.2) is 0 Å². The maximum Gasteiger partial charge on any atom is 0.235 e. The number of ether oxygens (including phenoxy) is 1. The van der Waals surface area contributed by atoms with E-state index in [1.54, 1.807) is 0 Å². The molecule has 0 spiro atoms. The van der Waals surface area contributed by atoms with Crippen LogP contribution in [0, 0.1) is 6.92 Å². The predicted octanol–water partition coefficient (Wildman–Crippen LogP) is 4.55. The first-order chi connectivity index (χ1) is 12.2. The molecule has 0 bridgehead atoms. The summed E-state index contributed by atoms with van der Waals surface area (Å²) in [5.74, 6) is 0.761. The minimum atomic E-state index is -0.441. The lowest BCUT2D eigenvalue weighted by molar-refractivity contribution is -0.118. The van der Waals surface area contributed by atoms with Crippen molar-refractivity contribution in [1.82, 2.24) is 4.98 Å². The normalized spacial score (nSPS) is 15.1. The van der Waals surface area contributed by atoms with E-state index in [2.05, 4.69) is 29.4 Å². The first-order valence-corrected chi connectivity index (χ1v) is 8.77. The second kappa shape index (κ2) is 5.96. The number of nitrogens with one attached hydrogen (secondary N) is 2. The molecule has 4 nitrogen and oxygen atoms in total. The van der Waals surface area contributed by atoms with Crippen LogP contribution in [0.15, 0.2) is 48.5 Å². The van der Waals surface area contributed by atoms with Gasteiger partial charge in [-0.1, -0.05) is 30.3 Å². The van der Waals surface area contributed by atoms with E-state index in [0.29, 0.717) is 12.4 Å². The van der Waals surface area contributed by atoms with Gasteiger partial charge in [-0.05, 0) is 50.5 Å². The lowest BCUT2D eigenvalue weighted by Gasteiger charge is -2.18. The molecule has 0 aliphatic heterocycles. The highest BCUT2D eigenvalue weighted by Crippen LogP contribution is 2.52. The number of fused-ring (bicyclic) bond motifs is 1. The Morgan fingerprint density at radius 1 is 1.16 bits per heavy atom. The third kappa shape index (κ3) is 2.58. The topological polar surface area (TPSA) is 54.1 Å². The summed E-state index contributed by atoms with van der Waals surface area (Å²) in [6, 6.07) is 15.8. The maximum atomic E-state index is 13.2. The fraction of sp³-hybridized carbons (Fsp3) is 0.286. The van der Waals surface area contributed by atoms with Crippen molar-refractivity contribution in [3.8, 4) is 5.75 Å². The van der Waals surface area contributed by atoms with Crippen molar-refractivity contribution in [3.63, 3.8) is 0 Å². The molecule has 2 aromatic carbocycles. The van der Waals surface area contributed by atoms with Crippen LogP contribution in [0.4, 0.5) is 5.69 Å². The van der Waals surface area contributed by atoms with Crippen molar-refractivity contribution in [1.29, 1.82) is 0 Å². The maximum absolute atomic E-state index is 13.2. The highest BCUT2D eigenvalue weighted by molar-refractivity contribution is 6.05. The number of aromatic nitrogens is 1. The molecule has 2 N–H and O–H groups in total. The van der Waals surface area contributed by atoms with E-state index in [-0.39, 0.29) is 5.91 Å². The molecule has 128 valence electrons. The van der Waals surface area contributed by atoms with Crippen LogP contribution >= 0.6 is 0 Å². The summed E-state index contributed by atoms with van der Waals surface area (Å²) in [5, 5.41) is 4.24. The fourth-order valence-corrected chi connectivity index (χ4v) is 3.70. The molecule has 1 aliphatic rings. The van der Waals surface area contributed by atoms with Gasteiger partial charge in [-0.25, -0.2) is 0 Å². The van der Waals surface area contributed by atoms with Crippen LogP contribution in [-0.2, 0) is 10.2 Å². The molecule has 1 heterocycles. The van der Waals surface area contributed by atoms with Gasteiger partial charge in [0.25, 0.3) is 0 Å². The van der Waals surface area contributed by atoms with Crippen LogP contribution in [0.5, 0.6) is 5.75 Å². The number of rotatable bonds is 5. The average Bonchev–Trinajstić information content (AvgIpc) is 3.33. The number of benzene rings is 2. The number of H-pyrrole nitrogens is 1. The lowest BCUT2D eigenvalue weighted by atomic mass is 9.92. The van der Waals surface area contributed by atoms with Gasteiger partial charge in [0, 0.05) is 16.6 Å². The first-order valence-electron chi connectivity index (χ1n) is 8.77. The summed E-state index contributed by atoms with van der Waals surface area (Å²) in [5.41, 5.74) is 3.59. The zero-order chi connectivity index (χ0) is 17.4. The van der Waals surface area contributed by atoms with E-state index in [4.69, 9.17) is 4.74 Å². The third-order valence-electron chi connectivity index (χ3n) is 4.99. The molecule has 1 fully saturated rings. The van der Waals surface area contributed by atoms with Gasteiger partial charge in [0.05, 0.1) is 17.7 Å². The number of aryl methyl sites for hydroxylation is 1. The SMILES string of the molecule is CCOc1ccccc1NC(=O)C1(c2c(C)[nH]c3ccccc23)CC1. The Morgan fingerprint density at radius 2 is 1.88 bits per heavy atom. The number of hydrogen-bond acceptors (Lipinski definition) is 2. The molecule has 0 atom stereocenters. The molecule has 1 amide bonds. The van der Waals surface area contributed by atoms with Crippen molar-refractivity contribution < 1.29 is 9.53 Å². The molecule has 0 unspecified atom stereocenters. The number of anilines is 1. The van der Waals surface area contributed by atoms with E-state index in [9.17, 15) is 4.79 Å². The molecule has 1 aliphatic carbocycles. The Balaban J connectivity index is 1.69. The Morgan fingerprint density at radius 3 is 2.64 bits per heavy atom. The minimum Gasteiger partial charge on any atom is -0.492 e. The van der Waals surface area contributed by atoms with Crippen LogP contribution in [0.1, 0.15) is 31.0 Å². The average molecular weight is 334 g/mol. The summed E-state index contributed by atoms with van der Waals surface area (Å²) in [7, 11) is 0. The van der Waals surface area contributed by atoms with Crippen molar-refractivity contribution in [3.05, 3.63) is 59.8 Å². The van der Waals surface area contributed by atoms with E-state index in [1.165, 1.54) is 0 Å². The Hall–Kier alpha value is -2.75. The zero-order valence-corrected chi connectivity index (χ0v) is 14.6. The summed E-state index contributed by atoms with van der Waals surface area (Å²) in [6.07, 6.45) is 1.75. The van der Waals surface area contributed by atoms with E-state index >= 15 is 0 Å². The van der Waals surface area contributed by atoms with Crippen molar-refractivity contribution >= 4 is 22.5 Å². The van der Waals surface area contributed by atoms with E-state index in [0.717, 1.165) is 40.7 Å². The fourth-order valence-electron chi connectivity index (χ4n) is 3.70. The smallest absolute Gasteiger partial charge is 0.235 e. The summed E-state index contributed by atoms with van der Waals surface area (Å²) >= 11 is 0. The number of aromatic amines is 1.